The van der Waals surface area contributed by atoms with Crippen LogP contribution in [0.4, 0.5) is 0 Å². The first kappa shape index (κ1) is 13.1. The van der Waals surface area contributed by atoms with E-state index in [0.29, 0.717) is 12.6 Å². The fourth-order valence-electron chi connectivity index (χ4n) is 2.62. The number of ether oxygens (including phenoxy) is 1. The van der Waals surface area contributed by atoms with Crippen LogP contribution < -0.4 is 9.64 Å². The Bertz CT molecular complexity index is 392. The molecule has 3 nitrogen and oxygen atoms in total. The van der Waals surface area contributed by atoms with Gasteiger partial charge >= 0.3 is 0 Å². The molecule has 18 heavy (non-hydrogen) atoms. The minimum atomic E-state index is 0.283. The Balaban J connectivity index is 2.05. The highest BCUT2D eigenvalue weighted by Crippen LogP contribution is 2.17. The van der Waals surface area contributed by atoms with E-state index >= 15 is 0 Å². The molecule has 1 unspecified atom stereocenters. The summed E-state index contributed by atoms with van der Waals surface area (Å²) in [6, 6.07) is 8.53. The SMILES string of the molecule is C=CCOc1ccccc1C[NH+]1CCC[C@H]1CO. The summed E-state index contributed by atoms with van der Waals surface area (Å²) in [4.78, 5) is 1.46. The molecule has 0 aliphatic carbocycles. The molecule has 3 heteroatoms. The molecule has 1 saturated heterocycles. The monoisotopic (exact) mass is 248 g/mol. The zero-order chi connectivity index (χ0) is 12.8. The van der Waals surface area contributed by atoms with Gasteiger partial charge in [-0.05, 0) is 12.1 Å². The van der Waals surface area contributed by atoms with Crippen molar-refractivity contribution in [2.75, 3.05) is 19.8 Å². The van der Waals surface area contributed by atoms with Gasteiger partial charge in [0.05, 0.1) is 13.2 Å². The molecule has 1 aromatic carbocycles. The first-order valence-electron chi connectivity index (χ1n) is 6.62. The molecule has 0 aromatic heterocycles. The average molecular weight is 248 g/mol. The summed E-state index contributed by atoms with van der Waals surface area (Å²) in [7, 11) is 0. The lowest BCUT2D eigenvalue weighted by molar-refractivity contribution is -0.926. The van der Waals surface area contributed by atoms with E-state index in [1.807, 2.05) is 18.2 Å². The van der Waals surface area contributed by atoms with Crippen molar-refractivity contribution >= 4 is 0 Å². The lowest BCUT2D eigenvalue weighted by Gasteiger charge is -2.21. The van der Waals surface area contributed by atoms with Crippen LogP contribution >= 0.6 is 0 Å². The fraction of sp³-hybridized carbons (Fsp3) is 0.467. The number of likely N-dealkylation sites (tertiary alicyclic amines) is 1. The van der Waals surface area contributed by atoms with Gasteiger partial charge in [0.25, 0.3) is 0 Å². The van der Waals surface area contributed by atoms with Crippen LogP contribution in [0, 0.1) is 0 Å². The summed E-state index contributed by atoms with van der Waals surface area (Å²) in [6.07, 6.45) is 4.09. The summed E-state index contributed by atoms with van der Waals surface area (Å²) in [5.74, 6) is 0.938. The molecular weight excluding hydrogens is 226 g/mol. The zero-order valence-electron chi connectivity index (χ0n) is 10.8. The Morgan fingerprint density at radius 3 is 3.06 bits per heavy atom. The largest absolute Gasteiger partial charge is 0.489 e. The predicted octanol–water partition coefficient (Wildman–Crippen LogP) is 0.791. The quantitative estimate of drug-likeness (QED) is 0.730. The summed E-state index contributed by atoms with van der Waals surface area (Å²) < 4.78 is 5.67. The van der Waals surface area contributed by atoms with Crippen molar-refractivity contribution in [3.05, 3.63) is 42.5 Å². The van der Waals surface area contributed by atoms with Crippen LogP contribution in [0.1, 0.15) is 18.4 Å². The Labute approximate surface area is 109 Å². The molecule has 2 N–H and O–H groups in total. The van der Waals surface area contributed by atoms with Gasteiger partial charge in [0.1, 0.15) is 24.9 Å². The van der Waals surface area contributed by atoms with Gasteiger partial charge in [0.2, 0.25) is 0 Å². The molecule has 0 saturated carbocycles. The maximum atomic E-state index is 9.36. The molecule has 1 heterocycles. The second-order valence-electron chi connectivity index (χ2n) is 4.81. The number of nitrogens with one attached hydrogen (secondary N) is 1. The van der Waals surface area contributed by atoms with Gasteiger partial charge < -0.3 is 14.7 Å². The number of para-hydroxylation sites is 1. The van der Waals surface area contributed by atoms with Crippen LogP contribution in [0.2, 0.25) is 0 Å². The Morgan fingerprint density at radius 1 is 1.44 bits per heavy atom. The highest BCUT2D eigenvalue weighted by Gasteiger charge is 2.28. The molecule has 98 valence electrons. The maximum absolute atomic E-state index is 9.36. The number of hydrogen-bond donors (Lipinski definition) is 2. The molecule has 0 spiro atoms. The Hall–Kier alpha value is -1.32. The van der Waals surface area contributed by atoms with E-state index in [0.717, 1.165) is 25.3 Å². The first-order chi connectivity index (χ1) is 8.85. The van der Waals surface area contributed by atoms with Crippen molar-refractivity contribution in [2.24, 2.45) is 0 Å². The molecule has 0 bridgehead atoms. The highest BCUT2D eigenvalue weighted by atomic mass is 16.5. The van der Waals surface area contributed by atoms with Crippen molar-refractivity contribution < 1.29 is 14.7 Å². The molecule has 2 rings (SSSR count). The average Bonchev–Trinajstić information content (AvgIpc) is 2.85. The van der Waals surface area contributed by atoms with Crippen LogP contribution in [0.15, 0.2) is 36.9 Å². The number of hydrogen-bond acceptors (Lipinski definition) is 2. The molecule has 2 atom stereocenters. The van der Waals surface area contributed by atoms with Gasteiger partial charge in [-0.1, -0.05) is 24.8 Å². The van der Waals surface area contributed by atoms with Crippen LogP contribution in [0.3, 0.4) is 0 Å². The van der Waals surface area contributed by atoms with E-state index in [-0.39, 0.29) is 6.61 Å². The third-order valence-electron chi connectivity index (χ3n) is 3.60. The lowest BCUT2D eigenvalue weighted by Crippen LogP contribution is -3.12. The Kier molecular flexibility index (Phi) is 4.79. The van der Waals surface area contributed by atoms with E-state index < -0.39 is 0 Å². The van der Waals surface area contributed by atoms with Gasteiger partial charge in [0, 0.05) is 18.4 Å². The van der Waals surface area contributed by atoms with E-state index in [1.165, 1.54) is 16.9 Å². The van der Waals surface area contributed by atoms with Crippen LogP contribution in [0.5, 0.6) is 5.75 Å². The molecule has 0 radical (unpaired) electrons. The third-order valence-corrected chi connectivity index (χ3v) is 3.60. The lowest BCUT2D eigenvalue weighted by atomic mass is 10.1. The number of aliphatic hydroxyl groups is 1. The number of quaternary nitrogens is 1. The van der Waals surface area contributed by atoms with E-state index in [1.54, 1.807) is 6.08 Å². The van der Waals surface area contributed by atoms with Crippen LogP contribution in [-0.4, -0.2) is 30.9 Å². The number of rotatable bonds is 6. The first-order valence-corrected chi connectivity index (χ1v) is 6.62. The number of benzene rings is 1. The standard InChI is InChI=1S/C15H21NO2/c1-2-10-18-15-8-4-3-6-13(15)11-16-9-5-7-14(16)12-17/h2-4,6,8,14,17H,1,5,7,9-12H2/p+1/t14-/m0/s1. The number of aliphatic hydroxyl groups excluding tert-OH is 1. The molecule has 1 aliphatic rings. The minimum absolute atomic E-state index is 0.283. The van der Waals surface area contributed by atoms with Gasteiger partial charge in [-0.25, -0.2) is 0 Å². The molecule has 0 amide bonds. The fourth-order valence-corrected chi connectivity index (χ4v) is 2.62. The molecule has 1 fully saturated rings. The van der Waals surface area contributed by atoms with E-state index in [9.17, 15) is 5.11 Å². The second-order valence-corrected chi connectivity index (χ2v) is 4.81. The Morgan fingerprint density at radius 2 is 2.28 bits per heavy atom. The zero-order valence-corrected chi connectivity index (χ0v) is 10.8. The van der Waals surface area contributed by atoms with Crippen molar-refractivity contribution in [1.82, 2.24) is 0 Å². The maximum Gasteiger partial charge on any atom is 0.128 e. The van der Waals surface area contributed by atoms with Gasteiger partial charge in [-0.2, -0.15) is 0 Å². The van der Waals surface area contributed by atoms with Crippen molar-refractivity contribution in [2.45, 2.75) is 25.4 Å². The van der Waals surface area contributed by atoms with Crippen LogP contribution in [0.25, 0.3) is 0 Å². The highest BCUT2D eigenvalue weighted by molar-refractivity contribution is 5.32. The van der Waals surface area contributed by atoms with Crippen molar-refractivity contribution in [1.29, 1.82) is 0 Å². The minimum Gasteiger partial charge on any atom is -0.489 e. The predicted molar refractivity (Wildman–Crippen MR) is 71.8 cm³/mol. The molecule has 1 aromatic rings. The molecular formula is C15H22NO2+. The molecule has 1 aliphatic heterocycles. The van der Waals surface area contributed by atoms with Crippen molar-refractivity contribution in [3.63, 3.8) is 0 Å². The van der Waals surface area contributed by atoms with Gasteiger partial charge in [-0.15, -0.1) is 0 Å². The van der Waals surface area contributed by atoms with E-state index in [4.69, 9.17) is 4.74 Å². The third kappa shape index (κ3) is 3.12. The summed E-state index contributed by atoms with van der Waals surface area (Å²) in [5, 5.41) is 9.36. The topological polar surface area (TPSA) is 33.9 Å². The van der Waals surface area contributed by atoms with E-state index in [2.05, 4.69) is 12.6 Å². The summed E-state index contributed by atoms with van der Waals surface area (Å²) in [5.41, 5.74) is 1.22. The van der Waals surface area contributed by atoms with Crippen LogP contribution in [-0.2, 0) is 6.54 Å². The van der Waals surface area contributed by atoms with Gasteiger partial charge in [-0.3, -0.25) is 0 Å². The van der Waals surface area contributed by atoms with Gasteiger partial charge in [0.15, 0.2) is 0 Å². The second kappa shape index (κ2) is 6.57. The van der Waals surface area contributed by atoms with Crippen molar-refractivity contribution in [3.8, 4) is 5.75 Å². The summed E-state index contributed by atoms with van der Waals surface area (Å²) >= 11 is 0. The summed E-state index contributed by atoms with van der Waals surface area (Å²) in [6.45, 7) is 6.56. The smallest absolute Gasteiger partial charge is 0.128 e. The normalized spacial score (nSPS) is 22.9.